The highest BCUT2D eigenvalue weighted by Gasteiger charge is 2.19. The third-order valence-electron chi connectivity index (χ3n) is 2.79. The van der Waals surface area contributed by atoms with Crippen LogP contribution < -0.4 is 0 Å². The summed E-state index contributed by atoms with van der Waals surface area (Å²) in [5.41, 5.74) is 1.36. The molecule has 0 heterocycles. The summed E-state index contributed by atoms with van der Waals surface area (Å²) >= 11 is 6.10. The molecule has 1 aromatic rings. The van der Waals surface area contributed by atoms with Gasteiger partial charge in [-0.1, -0.05) is 23.7 Å². The second-order valence-electron chi connectivity index (χ2n) is 4.06. The fourth-order valence-corrected chi connectivity index (χ4v) is 1.68. The number of amides is 1. The summed E-state index contributed by atoms with van der Waals surface area (Å²) in [7, 11) is 1.68. The topological polar surface area (TPSA) is 44.1 Å². The van der Waals surface area contributed by atoms with E-state index in [0.717, 1.165) is 5.56 Å². The first kappa shape index (κ1) is 13.5. The van der Waals surface area contributed by atoms with E-state index in [0.29, 0.717) is 17.0 Å². The maximum absolute atomic E-state index is 12.2. The van der Waals surface area contributed by atoms with Crippen LogP contribution in [0.1, 0.15) is 29.3 Å². The molecule has 90 valence electrons. The molecule has 1 rings (SSSR count). The van der Waals surface area contributed by atoms with E-state index in [1.807, 2.05) is 19.9 Å². The Morgan fingerprint density at radius 3 is 2.82 bits per heavy atom. The molecule has 0 bridgehead atoms. The third-order valence-corrected chi connectivity index (χ3v) is 3.29. The predicted molar refractivity (Wildman–Crippen MR) is 68.0 cm³/mol. The van der Waals surface area contributed by atoms with Crippen LogP contribution in [-0.4, -0.2) is 23.9 Å². The van der Waals surface area contributed by atoms with E-state index in [1.54, 1.807) is 24.1 Å². The first-order valence-electron chi connectivity index (χ1n) is 5.38. The highest BCUT2D eigenvalue weighted by Crippen LogP contribution is 2.22. The second-order valence-corrected chi connectivity index (χ2v) is 4.44. The van der Waals surface area contributed by atoms with Gasteiger partial charge in [-0.3, -0.25) is 4.79 Å². The van der Waals surface area contributed by atoms with Gasteiger partial charge in [-0.15, -0.1) is 0 Å². The minimum atomic E-state index is -0.151. The van der Waals surface area contributed by atoms with E-state index < -0.39 is 0 Å². The zero-order valence-corrected chi connectivity index (χ0v) is 11.0. The Morgan fingerprint density at radius 1 is 1.59 bits per heavy atom. The lowest BCUT2D eigenvalue weighted by atomic mass is 10.1. The normalized spacial score (nSPS) is 11.7. The van der Waals surface area contributed by atoms with Crippen LogP contribution in [0.3, 0.4) is 0 Å². The minimum Gasteiger partial charge on any atom is -0.338 e. The van der Waals surface area contributed by atoms with Gasteiger partial charge in [0.1, 0.15) is 0 Å². The number of hydrogen-bond acceptors (Lipinski definition) is 2. The van der Waals surface area contributed by atoms with Crippen LogP contribution in [0, 0.1) is 18.3 Å². The lowest BCUT2D eigenvalue weighted by Crippen LogP contribution is -2.35. The molecule has 17 heavy (non-hydrogen) atoms. The molecule has 0 aliphatic rings. The molecule has 1 atom stereocenters. The summed E-state index contributed by atoms with van der Waals surface area (Å²) < 4.78 is 0. The maximum atomic E-state index is 12.2. The zero-order valence-electron chi connectivity index (χ0n) is 10.2. The van der Waals surface area contributed by atoms with Gasteiger partial charge in [0.05, 0.1) is 23.1 Å². The van der Waals surface area contributed by atoms with Crippen LogP contribution in [0.25, 0.3) is 0 Å². The highest BCUT2D eigenvalue weighted by molar-refractivity contribution is 6.34. The summed E-state index contributed by atoms with van der Waals surface area (Å²) in [6, 6.07) is 7.30. The number of halogens is 1. The van der Waals surface area contributed by atoms with Crippen molar-refractivity contribution in [2.24, 2.45) is 0 Å². The molecular weight excluding hydrogens is 236 g/mol. The molecule has 1 aromatic carbocycles. The predicted octanol–water partition coefficient (Wildman–Crippen LogP) is 3.02. The van der Waals surface area contributed by atoms with Crippen molar-refractivity contribution in [1.82, 2.24) is 4.90 Å². The molecule has 0 aromatic heterocycles. The number of hydrogen-bond donors (Lipinski definition) is 0. The fourth-order valence-electron chi connectivity index (χ4n) is 1.47. The van der Waals surface area contributed by atoms with Crippen LogP contribution in [0.15, 0.2) is 18.2 Å². The largest absolute Gasteiger partial charge is 0.338 e. The Labute approximate surface area is 107 Å². The average Bonchev–Trinajstić information content (AvgIpc) is 2.31. The third kappa shape index (κ3) is 2.98. The van der Waals surface area contributed by atoms with Crippen molar-refractivity contribution in [2.75, 3.05) is 7.05 Å². The van der Waals surface area contributed by atoms with Crippen molar-refractivity contribution in [3.05, 3.63) is 34.3 Å². The number of aryl methyl sites for hydroxylation is 1. The summed E-state index contributed by atoms with van der Waals surface area (Å²) in [6.07, 6.45) is 0.311. The van der Waals surface area contributed by atoms with Gasteiger partial charge in [0.25, 0.3) is 5.91 Å². The smallest absolute Gasteiger partial charge is 0.255 e. The van der Waals surface area contributed by atoms with Crippen molar-refractivity contribution < 1.29 is 4.79 Å². The van der Waals surface area contributed by atoms with Crippen molar-refractivity contribution >= 4 is 17.5 Å². The van der Waals surface area contributed by atoms with Crippen LogP contribution >= 0.6 is 11.6 Å². The summed E-state index contributed by atoms with van der Waals surface area (Å²) in [5, 5.41) is 9.10. The Hall–Kier alpha value is -1.53. The van der Waals surface area contributed by atoms with Gasteiger partial charge in [-0.25, -0.2) is 0 Å². The molecule has 0 aliphatic carbocycles. The molecule has 0 saturated carbocycles. The molecule has 3 nitrogen and oxygen atoms in total. The van der Waals surface area contributed by atoms with Gasteiger partial charge in [0.2, 0.25) is 0 Å². The van der Waals surface area contributed by atoms with E-state index in [2.05, 4.69) is 6.07 Å². The molecule has 0 spiro atoms. The quantitative estimate of drug-likeness (QED) is 0.828. The lowest BCUT2D eigenvalue weighted by Gasteiger charge is -2.23. The van der Waals surface area contributed by atoms with Crippen molar-refractivity contribution in [1.29, 1.82) is 5.26 Å². The van der Waals surface area contributed by atoms with Crippen molar-refractivity contribution in [2.45, 2.75) is 26.3 Å². The number of carbonyl (C=O) groups excluding carboxylic acids is 1. The van der Waals surface area contributed by atoms with E-state index in [9.17, 15) is 4.79 Å². The van der Waals surface area contributed by atoms with Gasteiger partial charge in [0, 0.05) is 13.1 Å². The Kier molecular flexibility index (Phi) is 4.53. The van der Waals surface area contributed by atoms with Crippen LogP contribution in [0.4, 0.5) is 0 Å². The monoisotopic (exact) mass is 250 g/mol. The van der Waals surface area contributed by atoms with Gasteiger partial charge in [-0.05, 0) is 25.5 Å². The molecule has 1 unspecified atom stereocenters. The average molecular weight is 251 g/mol. The molecular formula is C13H15ClN2O. The van der Waals surface area contributed by atoms with E-state index >= 15 is 0 Å². The highest BCUT2D eigenvalue weighted by atomic mass is 35.5. The van der Waals surface area contributed by atoms with Crippen molar-refractivity contribution in [3.63, 3.8) is 0 Å². The Bertz CT molecular complexity index is 465. The molecule has 4 heteroatoms. The molecule has 0 N–H and O–H groups in total. The Balaban J connectivity index is 2.97. The van der Waals surface area contributed by atoms with Crippen molar-refractivity contribution in [3.8, 4) is 6.07 Å². The maximum Gasteiger partial charge on any atom is 0.255 e. The van der Waals surface area contributed by atoms with E-state index in [-0.39, 0.29) is 11.9 Å². The number of rotatable bonds is 3. The first-order valence-corrected chi connectivity index (χ1v) is 5.76. The van der Waals surface area contributed by atoms with Crippen LogP contribution in [-0.2, 0) is 0 Å². The number of benzene rings is 1. The summed E-state index contributed by atoms with van der Waals surface area (Å²) in [4.78, 5) is 13.7. The van der Waals surface area contributed by atoms with Gasteiger partial charge in [0.15, 0.2) is 0 Å². The first-order chi connectivity index (χ1) is 7.99. The molecule has 1 amide bonds. The second kappa shape index (κ2) is 5.70. The van der Waals surface area contributed by atoms with Gasteiger partial charge >= 0.3 is 0 Å². The summed E-state index contributed by atoms with van der Waals surface area (Å²) in [5.74, 6) is -0.151. The van der Waals surface area contributed by atoms with E-state index in [4.69, 9.17) is 16.9 Å². The SMILES string of the molecule is Cc1cccc(C(=O)N(C)C(C)CC#N)c1Cl. The van der Waals surface area contributed by atoms with Crippen LogP contribution in [0.5, 0.6) is 0 Å². The molecule has 0 radical (unpaired) electrons. The summed E-state index contributed by atoms with van der Waals surface area (Å²) in [6.45, 7) is 3.70. The van der Waals surface area contributed by atoms with Gasteiger partial charge in [-0.2, -0.15) is 5.26 Å². The van der Waals surface area contributed by atoms with Gasteiger partial charge < -0.3 is 4.90 Å². The molecule has 0 fully saturated rings. The lowest BCUT2D eigenvalue weighted by molar-refractivity contribution is 0.0746. The fraction of sp³-hybridized carbons (Fsp3) is 0.385. The zero-order chi connectivity index (χ0) is 13.0. The number of nitriles is 1. The number of carbonyl (C=O) groups is 1. The minimum absolute atomic E-state index is 0.121. The molecule has 0 aliphatic heterocycles. The Morgan fingerprint density at radius 2 is 2.24 bits per heavy atom. The number of nitrogens with zero attached hydrogens (tertiary/aromatic N) is 2. The van der Waals surface area contributed by atoms with Crippen LogP contribution in [0.2, 0.25) is 5.02 Å². The van der Waals surface area contributed by atoms with E-state index in [1.165, 1.54) is 0 Å². The molecule has 0 saturated heterocycles. The standard InChI is InChI=1S/C13H15ClN2O/c1-9-5-4-6-11(12(9)14)13(17)16(3)10(2)7-8-15/h4-6,10H,7H2,1-3H3.